The van der Waals surface area contributed by atoms with Crippen molar-refractivity contribution < 1.29 is 29.9 Å². The predicted octanol–water partition coefficient (Wildman–Crippen LogP) is 2.76. The van der Waals surface area contributed by atoms with Crippen LogP contribution in [-0.4, -0.2) is 35.8 Å². The van der Waals surface area contributed by atoms with Crippen molar-refractivity contribution in [3.8, 4) is 0 Å². The van der Waals surface area contributed by atoms with E-state index in [-0.39, 0.29) is 4.90 Å². The summed E-state index contributed by atoms with van der Waals surface area (Å²) >= 11 is 0. The van der Waals surface area contributed by atoms with Gasteiger partial charge in [0.1, 0.15) is 5.82 Å². The van der Waals surface area contributed by atoms with Gasteiger partial charge in [0.2, 0.25) is 0 Å². The zero-order chi connectivity index (χ0) is 29.2. The van der Waals surface area contributed by atoms with Crippen molar-refractivity contribution in [2.75, 3.05) is 11.4 Å². The number of nitrogens with zero attached hydrogens (tertiary/aromatic N) is 2. The van der Waals surface area contributed by atoms with E-state index < -0.39 is 86.3 Å². The third-order valence-corrected chi connectivity index (χ3v) is 3.93. The normalized spacial score (nSPS) is 50.3. The van der Waals surface area contributed by atoms with E-state index in [9.17, 15) is 0 Å². The van der Waals surface area contributed by atoms with Crippen molar-refractivity contribution in [1.82, 2.24) is 4.98 Å². The highest BCUT2D eigenvalue weighted by Gasteiger charge is 2.51. The van der Waals surface area contributed by atoms with Gasteiger partial charge in [0.25, 0.3) is 0 Å². The van der Waals surface area contributed by atoms with Crippen molar-refractivity contribution in [2.24, 2.45) is 0 Å². The Kier molecular flexibility index (Phi) is 1.45. The molecule has 0 N–H and O–H groups in total. The van der Waals surface area contributed by atoms with Gasteiger partial charge in [-0.05, 0) is 71.2 Å². The van der Waals surface area contributed by atoms with Crippen LogP contribution < -0.4 is 10.4 Å². The second-order valence-corrected chi connectivity index (χ2v) is 5.97. The van der Waals surface area contributed by atoms with E-state index in [0.717, 1.165) is 0 Å². The monoisotopic (exact) mass is 317 g/mol. The highest BCUT2D eigenvalue weighted by molar-refractivity contribution is 6.62. The first-order chi connectivity index (χ1) is 16.1. The van der Waals surface area contributed by atoms with Gasteiger partial charge < -0.3 is 14.2 Å². The zero-order valence-corrected chi connectivity index (χ0v) is 12.8. The highest BCUT2D eigenvalue weighted by Crippen LogP contribution is 2.36. The lowest BCUT2D eigenvalue weighted by Gasteiger charge is -2.34. The van der Waals surface area contributed by atoms with Crippen molar-refractivity contribution in [3.05, 3.63) is 18.3 Å². The van der Waals surface area contributed by atoms with Crippen LogP contribution in [0.25, 0.3) is 0 Å². The fourth-order valence-electron chi connectivity index (χ4n) is 1.95. The lowest BCUT2D eigenvalue weighted by Crippen LogP contribution is -2.41. The average Bonchev–Trinajstić information content (AvgIpc) is 2.90. The molecule has 2 aliphatic rings. The van der Waals surface area contributed by atoms with E-state index in [4.69, 9.17) is 29.9 Å². The Hall–Kier alpha value is -1.07. The molecule has 0 saturated carbocycles. The first-order valence-corrected chi connectivity index (χ1v) is 6.79. The van der Waals surface area contributed by atoms with E-state index in [1.54, 1.807) is 27.7 Å². The SMILES string of the molecule is [2H]c1nc(N2C([2H])([2H])C([2H])([2H])C([2H])([2H])C([2H])([2H])C2([2H])C([2H])([2H])[2H])c([2H])c(B2OC(C)(C)C(C)(C)O2)c1[2H]. The van der Waals surface area contributed by atoms with Gasteiger partial charge in [0, 0.05) is 33.8 Å². The van der Waals surface area contributed by atoms with Crippen LogP contribution >= 0.6 is 0 Å². The number of hydrogen-bond acceptors (Lipinski definition) is 4. The molecule has 1 aromatic rings. The Morgan fingerprint density at radius 3 is 2.82 bits per heavy atom. The molecule has 1 atom stereocenters. The van der Waals surface area contributed by atoms with Gasteiger partial charge in [-0.3, -0.25) is 0 Å². The Balaban J connectivity index is 2.44. The molecule has 0 aromatic carbocycles. The summed E-state index contributed by atoms with van der Waals surface area (Å²) in [6, 6.07) is -5.54. The van der Waals surface area contributed by atoms with Crippen molar-refractivity contribution in [1.29, 1.82) is 0 Å². The quantitative estimate of drug-likeness (QED) is 0.786. The van der Waals surface area contributed by atoms with Crippen molar-refractivity contribution in [3.63, 3.8) is 0 Å². The maximum absolute atomic E-state index is 8.73. The molecule has 1 unspecified atom stereocenters. The average molecular weight is 317 g/mol. The molecule has 0 bridgehead atoms. The summed E-state index contributed by atoms with van der Waals surface area (Å²) in [5, 5.41) is 0. The second-order valence-electron chi connectivity index (χ2n) is 5.97. The summed E-state index contributed by atoms with van der Waals surface area (Å²) in [6.07, 6.45) is -12.5. The largest absolute Gasteiger partial charge is 0.495 e. The molecule has 3 heterocycles. The van der Waals surface area contributed by atoms with E-state index in [1.165, 1.54) is 0 Å². The Morgan fingerprint density at radius 1 is 1.41 bits per heavy atom. The van der Waals surface area contributed by atoms with E-state index in [2.05, 4.69) is 4.98 Å². The maximum atomic E-state index is 8.73. The smallest absolute Gasteiger partial charge is 0.399 e. The third kappa shape index (κ3) is 2.76. The molecular weight excluding hydrogens is 275 g/mol. The van der Waals surface area contributed by atoms with Crippen LogP contribution in [0.1, 0.15) is 74.2 Å². The van der Waals surface area contributed by atoms with Crippen molar-refractivity contribution >= 4 is 18.4 Å². The molecule has 2 aliphatic heterocycles. The van der Waals surface area contributed by atoms with E-state index >= 15 is 0 Å². The van der Waals surface area contributed by atoms with Crippen LogP contribution in [0.3, 0.4) is 0 Å². The fraction of sp³-hybridized carbons (Fsp3) is 0.706. The molecule has 1 aromatic heterocycles. The summed E-state index contributed by atoms with van der Waals surface area (Å²) in [4.78, 5) is 3.39. The number of hydrogen-bond donors (Lipinski definition) is 0. The molecule has 2 fully saturated rings. The molecule has 0 radical (unpaired) electrons. The summed E-state index contributed by atoms with van der Waals surface area (Å²) in [5.41, 5.74) is -2.48. The lowest BCUT2D eigenvalue weighted by atomic mass is 9.79. The van der Waals surface area contributed by atoms with Gasteiger partial charge in [-0.15, -0.1) is 0 Å². The van der Waals surface area contributed by atoms with Crippen LogP contribution in [0.4, 0.5) is 5.82 Å². The Bertz CT molecular complexity index is 1110. The van der Waals surface area contributed by atoms with Crippen LogP contribution in [0.5, 0.6) is 0 Å². The van der Waals surface area contributed by atoms with Gasteiger partial charge in [-0.2, -0.15) is 0 Å². The second kappa shape index (κ2) is 5.53. The maximum Gasteiger partial charge on any atom is 0.495 e. The van der Waals surface area contributed by atoms with Crippen LogP contribution in [0, 0.1) is 0 Å². The number of rotatable bonds is 2. The number of anilines is 1. The van der Waals surface area contributed by atoms with E-state index in [1.807, 2.05) is 0 Å². The highest BCUT2D eigenvalue weighted by atomic mass is 16.7. The molecule has 0 spiro atoms. The summed E-state index contributed by atoms with van der Waals surface area (Å²) in [5.74, 6) is -1.15. The summed E-state index contributed by atoms with van der Waals surface area (Å²) < 4.78 is 135. The number of pyridine rings is 1. The predicted molar refractivity (Wildman–Crippen MR) is 90.6 cm³/mol. The van der Waals surface area contributed by atoms with Crippen LogP contribution in [-0.2, 0) is 9.31 Å². The summed E-state index contributed by atoms with van der Waals surface area (Å²) in [6.45, 7) is -0.994. The molecule has 0 aliphatic carbocycles. The van der Waals surface area contributed by atoms with Gasteiger partial charge in [-0.1, -0.05) is 0 Å². The molecule has 4 nitrogen and oxygen atoms in total. The van der Waals surface area contributed by atoms with Gasteiger partial charge in [0.15, 0.2) is 0 Å². The molecular formula is C17H27BN2O2. The molecule has 5 heteroatoms. The molecule has 0 amide bonds. The Labute approximate surface area is 155 Å². The van der Waals surface area contributed by atoms with E-state index in [0.29, 0.717) is 0 Å². The Morgan fingerprint density at radius 2 is 2.14 bits per heavy atom. The molecule has 120 valence electrons. The molecule has 22 heavy (non-hydrogen) atoms. The lowest BCUT2D eigenvalue weighted by molar-refractivity contribution is 0.00578. The minimum Gasteiger partial charge on any atom is -0.399 e. The van der Waals surface area contributed by atoms with Crippen LogP contribution in [0.2, 0.25) is 0 Å². The third-order valence-electron chi connectivity index (χ3n) is 3.93. The van der Waals surface area contributed by atoms with Gasteiger partial charge in [0.05, 0.1) is 16.7 Å². The minimum absolute atomic E-state index is 0.233. The zero-order valence-electron chi connectivity index (χ0n) is 27.8. The summed E-state index contributed by atoms with van der Waals surface area (Å²) in [7, 11) is -1.50. The van der Waals surface area contributed by atoms with Crippen molar-refractivity contribution in [2.45, 2.75) is 70.9 Å². The molecule has 2 saturated heterocycles. The number of aromatic nitrogens is 1. The van der Waals surface area contributed by atoms with Gasteiger partial charge >= 0.3 is 7.12 Å². The van der Waals surface area contributed by atoms with Crippen LogP contribution in [0.15, 0.2) is 18.3 Å². The molecule has 3 rings (SSSR count). The first-order valence-electron chi connectivity index (χ1n) is 14.3. The first kappa shape index (κ1) is 5.78. The minimum atomic E-state index is -3.92. The standard InChI is InChI=1S/C17H27BN2O2/c1-13-8-6-7-11-20(13)15-12-14(9-10-19-15)18-21-16(2,3)17(4,5)22-18/h9-10,12-13H,6-8,11H2,1-5H3/i1D3,6D2,7D2,8D2,9D,10D,11D2,12D,13D. The number of piperidine rings is 1. The topological polar surface area (TPSA) is 34.6 Å². The fourth-order valence-corrected chi connectivity index (χ4v) is 1.95. The van der Waals surface area contributed by atoms with Gasteiger partial charge in [-0.25, -0.2) is 4.98 Å².